The number of aromatic hydroxyl groups is 1. The van der Waals surface area contributed by atoms with Gasteiger partial charge in [0.05, 0.1) is 10.7 Å². The van der Waals surface area contributed by atoms with Crippen molar-refractivity contribution in [2.24, 2.45) is 22.7 Å². The molecule has 27 heavy (non-hydrogen) atoms. The molecular formula is C23H23Cl2NO. The maximum Gasteiger partial charge on any atom is 0.124 e. The fourth-order valence-corrected chi connectivity index (χ4v) is 6.63. The van der Waals surface area contributed by atoms with E-state index in [2.05, 4.69) is 17.1 Å². The standard InChI is InChI=1S/C23H23Cl2NO/c24-19-2-3-21(20(25)9-19)26-13-17-8-18(1-4-22(17)27)23-10-14-5-15(11-23)7-16(6-14)12-23/h1-4,8-9,13-16,27H,5-7,10-12H2. The molecule has 0 saturated heterocycles. The molecule has 4 aliphatic carbocycles. The average molecular weight is 400 g/mol. The highest BCUT2D eigenvalue weighted by atomic mass is 35.5. The van der Waals surface area contributed by atoms with Crippen LogP contribution < -0.4 is 0 Å². The zero-order chi connectivity index (χ0) is 18.6. The first kappa shape index (κ1) is 17.6. The maximum atomic E-state index is 10.4. The molecule has 1 N–H and O–H groups in total. The van der Waals surface area contributed by atoms with E-state index in [9.17, 15) is 5.11 Å². The highest BCUT2D eigenvalue weighted by Gasteiger charge is 2.51. The summed E-state index contributed by atoms with van der Waals surface area (Å²) in [4.78, 5) is 4.49. The van der Waals surface area contributed by atoms with Crippen molar-refractivity contribution < 1.29 is 5.11 Å². The van der Waals surface area contributed by atoms with E-state index in [1.165, 1.54) is 44.1 Å². The molecule has 6 rings (SSSR count). The maximum absolute atomic E-state index is 10.4. The number of nitrogens with zero attached hydrogens (tertiary/aromatic N) is 1. The van der Waals surface area contributed by atoms with Crippen LogP contribution >= 0.6 is 23.2 Å². The minimum absolute atomic E-state index is 0.261. The van der Waals surface area contributed by atoms with E-state index in [0.29, 0.717) is 21.1 Å². The Kier molecular flexibility index (Phi) is 4.25. The van der Waals surface area contributed by atoms with Crippen LogP contribution in [0.5, 0.6) is 5.75 Å². The third-order valence-corrected chi connectivity index (χ3v) is 7.47. The van der Waals surface area contributed by atoms with Crippen LogP contribution in [-0.4, -0.2) is 11.3 Å². The monoisotopic (exact) mass is 399 g/mol. The number of aliphatic imine (C=N–C) groups is 1. The summed E-state index contributed by atoms with van der Waals surface area (Å²) in [6.07, 6.45) is 9.94. The molecule has 4 aliphatic rings. The van der Waals surface area contributed by atoms with Gasteiger partial charge in [0.2, 0.25) is 0 Å². The van der Waals surface area contributed by atoms with Crippen LogP contribution in [0.15, 0.2) is 41.4 Å². The van der Waals surface area contributed by atoms with E-state index >= 15 is 0 Å². The first-order chi connectivity index (χ1) is 13.0. The zero-order valence-electron chi connectivity index (χ0n) is 15.2. The lowest BCUT2D eigenvalue weighted by Crippen LogP contribution is -2.48. The molecule has 4 saturated carbocycles. The Labute approximate surface area is 170 Å². The second kappa shape index (κ2) is 6.53. The molecule has 0 spiro atoms. The van der Waals surface area contributed by atoms with Gasteiger partial charge in [0.25, 0.3) is 0 Å². The lowest BCUT2D eigenvalue weighted by atomic mass is 9.48. The van der Waals surface area contributed by atoms with Gasteiger partial charge in [-0.05, 0) is 97.6 Å². The van der Waals surface area contributed by atoms with Gasteiger partial charge in [-0.1, -0.05) is 29.3 Å². The van der Waals surface area contributed by atoms with Crippen LogP contribution in [0.3, 0.4) is 0 Å². The quantitative estimate of drug-likeness (QED) is 0.558. The normalized spacial score (nSPS) is 31.7. The second-order valence-electron chi connectivity index (χ2n) is 8.83. The molecule has 0 amide bonds. The number of phenolic OH excluding ortho intramolecular Hbond substituents is 1. The van der Waals surface area contributed by atoms with E-state index in [4.69, 9.17) is 23.2 Å². The summed E-state index contributed by atoms with van der Waals surface area (Å²) in [7, 11) is 0. The zero-order valence-corrected chi connectivity index (χ0v) is 16.7. The molecular weight excluding hydrogens is 377 g/mol. The molecule has 0 unspecified atom stereocenters. The largest absolute Gasteiger partial charge is 0.507 e. The van der Waals surface area contributed by atoms with E-state index in [-0.39, 0.29) is 5.75 Å². The average Bonchev–Trinajstić information content (AvgIpc) is 2.61. The number of rotatable bonds is 3. The van der Waals surface area contributed by atoms with Crippen LogP contribution in [0.4, 0.5) is 5.69 Å². The molecule has 4 heteroatoms. The van der Waals surface area contributed by atoms with Gasteiger partial charge < -0.3 is 5.11 Å². The van der Waals surface area contributed by atoms with Crippen LogP contribution in [0.1, 0.15) is 49.7 Å². The van der Waals surface area contributed by atoms with Crippen LogP contribution in [0.25, 0.3) is 0 Å². The van der Waals surface area contributed by atoms with Crippen molar-refractivity contribution in [2.45, 2.75) is 43.9 Å². The van der Waals surface area contributed by atoms with Gasteiger partial charge in [-0.2, -0.15) is 0 Å². The SMILES string of the molecule is Oc1ccc(C23CC4CC(CC(C4)C2)C3)cc1C=Nc1ccc(Cl)cc1Cl. The Balaban J connectivity index is 1.47. The molecule has 2 aromatic carbocycles. The fraction of sp³-hybridized carbons (Fsp3) is 0.435. The van der Waals surface area contributed by atoms with Crippen LogP contribution in [0.2, 0.25) is 10.0 Å². The molecule has 0 heterocycles. The second-order valence-corrected chi connectivity index (χ2v) is 9.67. The minimum Gasteiger partial charge on any atom is -0.507 e. The Hall–Kier alpha value is -1.51. The van der Waals surface area contributed by atoms with Gasteiger partial charge in [-0.3, -0.25) is 4.99 Å². The van der Waals surface area contributed by atoms with E-state index in [1.807, 2.05) is 6.07 Å². The summed E-state index contributed by atoms with van der Waals surface area (Å²) in [5, 5.41) is 11.5. The summed E-state index contributed by atoms with van der Waals surface area (Å²) in [6, 6.07) is 11.4. The summed E-state index contributed by atoms with van der Waals surface area (Å²) in [5.74, 6) is 2.96. The van der Waals surface area contributed by atoms with Crippen molar-refractivity contribution in [1.29, 1.82) is 0 Å². The molecule has 0 atom stereocenters. The Bertz CT molecular complexity index is 885. The first-order valence-electron chi connectivity index (χ1n) is 9.83. The molecule has 0 aliphatic heterocycles. The highest BCUT2D eigenvalue weighted by Crippen LogP contribution is 2.60. The first-order valence-corrected chi connectivity index (χ1v) is 10.6. The number of hydrogen-bond donors (Lipinski definition) is 1. The van der Waals surface area contributed by atoms with Gasteiger partial charge in [0.1, 0.15) is 5.75 Å². The van der Waals surface area contributed by atoms with Gasteiger partial charge in [0, 0.05) is 16.8 Å². The highest BCUT2D eigenvalue weighted by molar-refractivity contribution is 6.36. The Morgan fingerprint density at radius 2 is 1.59 bits per heavy atom. The molecule has 0 radical (unpaired) electrons. The molecule has 4 bridgehead atoms. The number of halogens is 2. The molecule has 2 nitrogen and oxygen atoms in total. The van der Waals surface area contributed by atoms with Gasteiger partial charge >= 0.3 is 0 Å². The lowest BCUT2D eigenvalue weighted by Gasteiger charge is -2.57. The predicted molar refractivity (Wildman–Crippen MR) is 112 cm³/mol. The smallest absolute Gasteiger partial charge is 0.124 e. The molecule has 4 fully saturated rings. The van der Waals surface area contributed by atoms with Crippen molar-refractivity contribution in [2.75, 3.05) is 0 Å². The predicted octanol–water partition coefficient (Wildman–Crippen LogP) is 6.92. The summed E-state index contributed by atoms with van der Waals surface area (Å²) < 4.78 is 0. The summed E-state index contributed by atoms with van der Waals surface area (Å²) in [5.41, 5.74) is 3.10. The third kappa shape index (κ3) is 3.17. The molecule has 2 aromatic rings. The van der Waals surface area contributed by atoms with Gasteiger partial charge in [0.15, 0.2) is 0 Å². The number of hydrogen-bond acceptors (Lipinski definition) is 2. The summed E-state index contributed by atoms with van der Waals surface area (Å²) in [6.45, 7) is 0. The molecule has 0 aromatic heterocycles. The summed E-state index contributed by atoms with van der Waals surface area (Å²) >= 11 is 12.2. The van der Waals surface area contributed by atoms with Crippen LogP contribution in [0, 0.1) is 17.8 Å². The van der Waals surface area contributed by atoms with Gasteiger partial charge in [-0.25, -0.2) is 0 Å². The Morgan fingerprint density at radius 3 is 2.22 bits per heavy atom. The van der Waals surface area contributed by atoms with E-state index < -0.39 is 0 Å². The minimum atomic E-state index is 0.261. The Morgan fingerprint density at radius 1 is 0.926 bits per heavy atom. The molecule has 140 valence electrons. The number of phenols is 1. The van der Waals surface area contributed by atoms with Crippen molar-refractivity contribution in [3.63, 3.8) is 0 Å². The fourth-order valence-electron chi connectivity index (χ4n) is 6.18. The van der Waals surface area contributed by atoms with Crippen molar-refractivity contribution in [3.8, 4) is 5.75 Å². The van der Waals surface area contributed by atoms with Crippen LogP contribution in [-0.2, 0) is 5.41 Å². The topological polar surface area (TPSA) is 32.6 Å². The van der Waals surface area contributed by atoms with Crippen molar-refractivity contribution in [1.82, 2.24) is 0 Å². The van der Waals surface area contributed by atoms with Crippen molar-refractivity contribution >= 4 is 35.1 Å². The van der Waals surface area contributed by atoms with Gasteiger partial charge in [-0.15, -0.1) is 0 Å². The third-order valence-electron chi connectivity index (χ3n) is 6.93. The van der Waals surface area contributed by atoms with E-state index in [0.717, 1.165) is 23.3 Å². The lowest BCUT2D eigenvalue weighted by molar-refractivity contribution is -0.00520. The van der Waals surface area contributed by atoms with E-state index in [1.54, 1.807) is 24.4 Å². The number of benzene rings is 2. The van der Waals surface area contributed by atoms with Crippen molar-refractivity contribution in [3.05, 3.63) is 57.6 Å².